The molecule has 0 amide bonds. The third-order valence-electron chi connectivity index (χ3n) is 3.21. The summed E-state index contributed by atoms with van der Waals surface area (Å²) in [5, 5.41) is 7.97. The molecule has 0 spiro atoms. The van der Waals surface area contributed by atoms with Crippen LogP contribution < -0.4 is 5.32 Å². The lowest BCUT2D eigenvalue weighted by Crippen LogP contribution is -2.12. The number of aromatic nitrogens is 2. The summed E-state index contributed by atoms with van der Waals surface area (Å²) < 4.78 is 14.5. The Labute approximate surface area is 127 Å². The number of nitrogens with zero attached hydrogens (tertiary/aromatic N) is 2. The predicted molar refractivity (Wildman–Crippen MR) is 80.8 cm³/mol. The molecule has 0 fully saturated rings. The van der Waals surface area contributed by atoms with E-state index in [1.165, 1.54) is 11.5 Å². The van der Waals surface area contributed by atoms with Crippen molar-refractivity contribution in [2.24, 2.45) is 0 Å². The molecule has 0 aliphatic rings. The number of anilines is 1. The van der Waals surface area contributed by atoms with Crippen molar-refractivity contribution in [3.05, 3.63) is 28.3 Å². The van der Waals surface area contributed by atoms with E-state index in [0.29, 0.717) is 22.9 Å². The fourth-order valence-corrected chi connectivity index (χ4v) is 3.16. The van der Waals surface area contributed by atoms with Crippen LogP contribution in [0.2, 0.25) is 0 Å². The first-order valence-electron chi connectivity index (χ1n) is 6.78. The highest BCUT2D eigenvalue weighted by Crippen LogP contribution is 2.31. The van der Waals surface area contributed by atoms with Crippen LogP contribution in [0.4, 0.5) is 5.00 Å². The normalized spacial score (nSPS) is 12.2. The summed E-state index contributed by atoms with van der Waals surface area (Å²) in [6.07, 6.45) is 0. The van der Waals surface area contributed by atoms with E-state index in [2.05, 4.69) is 14.8 Å². The highest BCUT2D eigenvalue weighted by molar-refractivity contribution is 7.10. The number of rotatable bonds is 5. The highest BCUT2D eigenvalue weighted by Gasteiger charge is 2.23. The van der Waals surface area contributed by atoms with Crippen LogP contribution in [0.3, 0.4) is 0 Å². The second-order valence-electron chi connectivity index (χ2n) is 4.80. The van der Waals surface area contributed by atoms with Crippen LogP contribution >= 0.6 is 11.5 Å². The topological polar surface area (TPSA) is 77.2 Å². The average Bonchev–Trinajstić information content (AvgIpc) is 2.93. The molecule has 7 heteroatoms. The number of hydrogen-bond acceptors (Lipinski definition) is 7. The monoisotopic (exact) mass is 309 g/mol. The third-order valence-corrected chi connectivity index (χ3v) is 4.08. The molecule has 0 aliphatic heterocycles. The largest absolute Gasteiger partial charge is 0.462 e. The zero-order valence-corrected chi connectivity index (χ0v) is 13.6. The molecule has 1 atom stereocenters. The van der Waals surface area contributed by atoms with Crippen LogP contribution in [0, 0.1) is 20.8 Å². The molecule has 1 unspecified atom stereocenters. The first-order valence-corrected chi connectivity index (χ1v) is 7.55. The first kappa shape index (κ1) is 15.5. The van der Waals surface area contributed by atoms with Gasteiger partial charge in [0.15, 0.2) is 0 Å². The molecule has 2 aromatic heterocycles. The number of hydrogen-bond donors (Lipinski definition) is 1. The second-order valence-corrected chi connectivity index (χ2v) is 5.57. The van der Waals surface area contributed by atoms with Crippen molar-refractivity contribution in [3.8, 4) is 0 Å². The Bertz CT molecular complexity index is 628. The summed E-state index contributed by atoms with van der Waals surface area (Å²) in [7, 11) is 0. The quantitative estimate of drug-likeness (QED) is 0.853. The Balaban J connectivity index is 2.26. The smallest absolute Gasteiger partial charge is 0.343 e. The van der Waals surface area contributed by atoms with Gasteiger partial charge in [0.1, 0.15) is 16.3 Å². The molecule has 0 aromatic carbocycles. The van der Waals surface area contributed by atoms with Crippen molar-refractivity contribution in [1.82, 2.24) is 9.53 Å². The van der Waals surface area contributed by atoms with Crippen molar-refractivity contribution in [1.29, 1.82) is 0 Å². The molecule has 2 aromatic rings. The van der Waals surface area contributed by atoms with Crippen LogP contribution in [-0.2, 0) is 4.74 Å². The lowest BCUT2D eigenvalue weighted by atomic mass is 10.1. The van der Waals surface area contributed by atoms with Gasteiger partial charge in [-0.15, -0.1) is 0 Å². The van der Waals surface area contributed by atoms with Crippen LogP contribution in [0.15, 0.2) is 4.52 Å². The summed E-state index contributed by atoms with van der Waals surface area (Å²) in [6.45, 7) is 9.69. The maximum absolute atomic E-state index is 12.0. The molecule has 1 N–H and O–H groups in total. The highest BCUT2D eigenvalue weighted by atomic mass is 32.1. The van der Waals surface area contributed by atoms with Crippen molar-refractivity contribution >= 4 is 22.5 Å². The van der Waals surface area contributed by atoms with Crippen molar-refractivity contribution in [3.63, 3.8) is 0 Å². The number of nitrogens with one attached hydrogen (secondary N) is 1. The molecule has 2 rings (SSSR count). The maximum Gasteiger partial charge on any atom is 0.343 e. The minimum atomic E-state index is -0.350. The molecular weight excluding hydrogens is 290 g/mol. The second kappa shape index (κ2) is 6.26. The number of aryl methyl sites for hydroxylation is 3. The number of carbonyl (C=O) groups excluding carboxylic acids is 1. The van der Waals surface area contributed by atoms with Crippen LogP contribution in [-0.4, -0.2) is 22.1 Å². The minimum absolute atomic E-state index is 0.0377. The van der Waals surface area contributed by atoms with E-state index in [-0.39, 0.29) is 12.0 Å². The van der Waals surface area contributed by atoms with Crippen molar-refractivity contribution < 1.29 is 14.1 Å². The van der Waals surface area contributed by atoms with Crippen LogP contribution in [0.5, 0.6) is 0 Å². The average molecular weight is 309 g/mol. The SMILES string of the molecule is CCOC(=O)c1c(C)nsc1NC(C)c1c(C)noc1C. The molecule has 114 valence electrons. The van der Waals surface area contributed by atoms with Gasteiger partial charge in [-0.25, -0.2) is 4.79 Å². The van der Waals surface area contributed by atoms with E-state index in [4.69, 9.17) is 9.26 Å². The zero-order valence-electron chi connectivity index (χ0n) is 12.8. The Morgan fingerprint density at radius 2 is 2.10 bits per heavy atom. The van der Waals surface area contributed by atoms with E-state index >= 15 is 0 Å². The van der Waals surface area contributed by atoms with Gasteiger partial charge in [0.25, 0.3) is 0 Å². The summed E-state index contributed by atoms with van der Waals surface area (Å²) in [6, 6.07) is -0.0377. The molecule has 6 nitrogen and oxygen atoms in total. The third kappa shape index (κ3) is 3.07. The van der Waals surface area contributed by atoms with Gasteiger partial charge in [0.2, 0.25) is 0 Å². The van der Waals surface area contributed by atoms with Crippen LogP contribution in [0.1, 0.15) is 53.0 Å². The molecule has 0 saturated carbocycles. The van der Waals surface area contributed by atoms with Gasteiger partial charge in [0.05, 0.1) is 24.0 Å². The van der Waals surface area contributed by atoms with E-state index in [9.17, 15) is 4.79 Å². The molecule has 2 heterocycles. The fourth-order valence-electron chi connectivity index (χ4n) is 2.29. The molecule has 0 bridgehead atoms. The minimum Gasteiger partial charge on any atom is -0.462 e. The first-order chi connectivity index (χ1) is 9.95. The summed E-state index contributed by atoms with van der Waals surface area (Å²) in [5.74, 6) is 0.420. The summed E-state index contributed by atoms with van der Waals surface area (Å²) >= 11 is 1.25. The van der Waals surface area contributed by atoms with E-state index in [1.54, 1.807) is 13.8 Å². The predicted octanol–water partition coefficient (Wildman–Crippen LogP) is 3.41. The number of ether oxygens (including phenoxy) is 1. The molecule has 21 heavy (non-hydrogen) atoms. The maximum atomic E-state index is 12.0. The standard InChI is InChI=1S/C14H19N3O3S/c1-6-19-14(18)12-9(4)17-21-13(12)15-7(2)11-8(3)16-20-10(11)5/h7,15H,6H2,1-5H3. The molecular formula is C14H19N3O3S. The van der Waals surface area contributed by atoms with Crippen molar-refractivity contribution in [2.45, 2.75) is 40.7 Å². The Morgan fingerprint density at radius 1 is 1.38 bits per heavy atom. The van der Waals surface area contributed by atoms with Gasteiger partial charge in [-0.2, -0.15) is 4.37 Å². The van der Waals surface area contributed by atoms with E-state index in [1.807, 2.05) is 20.8 Å². The van der Waals surface area contributed by atoms with Crippen molar-refractivity contribution in [2.75, 3.05) is 11.9 Å². The molecule has 0 aliphatic carbocycles. The van der Waals surface area contributed by atoms with Gasteiger partial charge >= 0.3 is 5.97 Å². The Kier molecular flexibility index (Phi) is 4.62. The molecule has 0 radical (unpaired) electrons. The van der Waals surface area contributed by atoms with Gasteiger partial charge in [-0.1, -0.05) is 5.16 Å². The lowest BCUT2D eigenvalue weighted by Gasteiger charge is -2.14. The summed E-state index contributed by atoms with van der Waals surface area (Å²) in [4.78, 5) is 12.0. The Morgan fingerprint density at radius 3 is 2.67 bits per heavy atom. The number of esters is 1. The van der Waals surface area contributed by atoms with E-state index in [0.717, 1.165) is 17.0 Å². The van der Waals surface area contributed by atoms with Crippen LogP contribution in [0.25, 0.3) is 0 Å². The van der Waals surface area contributed by atoms with Gasteiger partial charge in [-0.3, -0.25) is 0 Å². The van der Waals surface area contributed by atoms with Gasteiger partial charge in [-0.05, 0) is 46.2 Å². The Hall–Kier alpha value is -1.89. The van der Waals surface area contributed by atoms with E-state index < -0.39 is 0 Å². The summed E-state index contributed by atoms with van der Waals surface area (Å²) in [5.41, 5.74) is 3.01. The number of carbonyl (C=O) groups is 1. The van der Waals surface area contributed by atoms with Gasteiger partial charge < -0.3 is 14.6 Å². The molecule has 0 saturated heterocycles. The zero-order chi connectivity index (χ0) is 15.6. The lowest BCUT2D eigenvalue weighted by molar-refractivity contribution is 0.0527. The van der Waals surface area contributed by atoms with Gasteiger partial charge in [0, 0.05) is 5.56 Å². The fraction of sp³-hybridized carbons (Fsp3) is 0.500.